The summed E-state index contributed by atoms with van der Waals surface area (Å²) in [5.41, 5.74) is 4.41. The Labute approximate surface area is 187 Å². The lowest BCUT2D eigenvalue weighted by molar-refractivity contribution is 0.0616. The number of benzene rings is 2. The number of hydrogen-bond acceptors (Lipinski definition) is 5. The molecule has 1 amide bonds. The highest BCUT2D eigenvalue weighted by atomic mass is 19.1. The van der Waals surface area contributed by atoms with Gasteiger partial charge in [0.2, 0.25) is 0 Å². The summed E-state index contributed by atoms with van der Waals surface area (Å²) < 4.78 is 24.4. The minimum Gasteiger partial charge on any atom is -0.489 e. The largest absolute Gasteiger partial charge is 0.489 e. The Kier molecular flexibility index (Phi) is 6.55. The molecule has 0 aliphatic carbocycles. The zero-order valence-corrected chi connectivity index (χ0v) is 18.7. The van der Waals surface area contributed by atoms with E-state index in [2.05, 4.69) is 17.0 Å². The first-order valence-electron chi connectivity index (χ1n) is 10.8. The Morgan fingerprint density at radius 1 is 1.03 bits per heavy atom. The fourth-order valence-corrected chi connectivity index (χ4v) is 3.80. The molecule has 0 bridgehead atoms. The molecular formula is C25H28FN3O3. The summed E-state index contributed by atoms with van der Waals surface area (Å²) in [5, 5.41) is 4.03. The van der Waals surface area contributed by atoms with Crippen LogP contribution in [0.1, 0.15) is 38.5 Å². The number of hydrogen-bond donors (Lipinski definition) is 0. The molecule has 1 saturated heterocycles. The van der Waals surface area contributed by atoms with E-state index >= 15 is 0 Å². The van der Waals surface area contributed by atoms with Crippen molar-refractivity contribution in [2.75, 3.05) is 26.2 Å². The Balaban J connectivity index is 1.36. The van der Waals surface area contributed by atoms with E-state index in [1.807, 2.05) is 25.1 Å². The number of aryl methyl sites for hydroxylation is 3. The zero-order valence-electron chi connectivity index (χ0n) is 18.7. The van der Waals surface area contributed by atoms with E-state index in [-0.39, 0.29) is 18.3 Å². The third kappa shape index (κ3) is 4.99. The molecule has 2 aromatic carbocycles. The van der Waals surface area contributed by atoms with Crippen molar-refractivity contribution in [2.45, 2.75) is 33.9 Å². The van der Waals surface area contributed by atoms with E-state index in [0.29, 0.717) is 30.1 Å². The maximum absolute atomic E-state index is 13.1. The van der Waals surface area contributed by atoms with Crippen molar-refractivity contribution in [1.82, 2.24) is 15.0 Å². The number of amides is 1. The Morgan fingerprint density at radius 3 is 2.44 bits per heavy atom. The van der Waals surface area contributed by atoms with Gasteiger partial charge in [0.05, 0.1) is 5.56 Å². The van der Waals surface area contributed by atoms with Gasteiger partial charge in [0.1, 0.15) is 23.9 Å². The molecule has 2 heterocycles. The lowest BCUT2D eigenvalue weighted by Crippen LogP contribution is -2.48. The van der Waals surface area contributed by atoms with E-state index in [0.717, 1.165) is 36.5 Å². The molecule has 7 heteroatoms. The molecule has 0 radical (unpaired) electrons. The van der Waals surface area contributed by atoms with E-state index in [1.54, 1.807) is 24.0 Å². The van der Waals surface area contributed by atoms with Crippen LogP contribution in [-0.2, 0) is 13.2 Å². The van der Waals surface area contributed by atoms with Crippen LogP contribution in [0.25, 0.3) is 0 Å². The van der Waals surface area contributed by atoms with Crippen LogP contribution < -0.4 is 4.74 Å². The number of halogens is 1. The first kappa shape index (κ1) is 22.0. The van der Waals surface area contributed by atoms with Gasteiger partial charge in [0.25, 0.3) is 5.91 Å². The molecule has 0 atom stereocenters. The molecule has 0 unspecified atom stereocenters. The monoisotopic (exact) mass is 437 g/mol. The van der Waals surface area contributed by atoms with Gasteiger partial charge in [0.15, 0.2) is 5.69 Å². The summed E-state index contributed by atoms with van der Waals surface area (Å²) in [7, 11) is 0. The highest BCUT2D eigenvalue weighted by molar-refractivity contribution is 5.93. The van der Waals surface area contributed by atoms with Crippen LogP contribution in [0.2, 0.25) is 0 Å². The quantitative estimate of drug-likeness (QED) is 0.576. The van der Waals surface area contributed by atoms with Crippen LogP contribution in [0.5, 0.6) is 5.75 Å². The van der Waals surface area contributed by atoms with Crippen LogP contribution in [0.3, 0.4) is 0 Å². The number of nitrogens with zero attached hydrogens (tertiary/aromatic N) is 3. The van der Waals surface area contributed by atoms with E-state index in [1.165, 1.54) is 17.7 Å². The van der Waals surface area contributed by atoms with Crippen LogP contribution in [0.15, 0.2) is 47.0 Å². The van der Waals surface area contributed by atoms with Crippen molar-refractivity contribution in [2.24, 2.45) is 0 Å². The lowest BCUT2D eigenvalue weighted by atomic mass is 10.1. The van der Waals surface area contributed by atoms with Gasteiger partial charge in [-0.1, -0.05) is 23.4 Å². The highest BCUT2D eigenvalue weighted by Crippen LogP contribution is 2.22. The average molecular weight is 438 g/mol. The molecule has 0 spiro atoms. The number of carbonyl (C=O) groups excluding carboxylic acids is 1. The van der Waals surface area contributed by atoms with E-state index in [9.17, 15) is 9.18 Å². The van der Waals surface area contributed by atoms with Gasteiger partial charge in [-0.15, -0.1) is 0 Å². The third-order valence-electron chi connectivity index (χ3n) is 6.03. The van der Waals surface area contributed by atoms with Gasteiger partial charge in [0, 0.05) is 32.7 Å². The van der Waals surface area contributed by atoms with Crippen molar-refractivity contribution in [3.63, 3.8) is 0 Å². The van der Waals surface area contributed by atoms with Crippen molar-refractivity contribution < 1.29 is 18.4 Å². The second kappa shape index (κ2) is 9.53. The molecule has 168 valence electrons. The van der Waals surface area contributed by atoms with Gasteiger partial charge in [-0.25, -0.2) is 4.39 Å². The van der Waals surface area contributed by atoms with Crippen LogP contribution in [0, 0.1) is 26.6 Å². The van der Waals surface area contributed by atoms with Crippen LogP contribution in [0.4, 0.5) is 4.39 Å². The Hall–Kier alpha value is -3.19. The maximum atomic E-state index is 13.1. The Morgan fingerprint density at radius 2 is 1.75 bits per heavy atom. The van der Waals surface area contributed by atoms with Crippen molar-refractivity contribution in [3.05, 3.63) is 82.0 Å². The van der Waals surface area contributed by atoms with Gasteiger partial charge >= 0.3 is 0 Å². The highest BCUT2D eigenvalue weighted by Gasteiger charge is 2.28. The molecule has 1 aliphatic rings. The zero-order chi connectivity index (χ0) is 22.7. The third-order valence-corrected chi connectivity index (χ3v) is 6.03. The Bertz CT molecular complexity index is 1090. The summed E-state index contributed by atoms with van der Waals surface area (Å²) in [6.07, 6.45) is 0. The van der Waals surface area contributed by atoms with Crippen molar-refractivity contribution in [3.8, 4) is 5.75 Å². The molecule has 32 heavy (non-hydrogen) atoms. The molecule has 6 nitrogen and oxygen atoms in total. The van der Waals surface area contributed by atoms with Crippen molar-refractivity contribution >= 4 is 5.91 Å². The summed E-state index contributed by atoms with van der Waals surface area (Å²) in [6.45, 7) is 9.54. The summed E-state index contributed by atoms with van der Waals surface area (Å²) in [6, 6.07) is 12.5. The average Bonchev–Trinajstić information content (AvgIpc) is 3.16. The van der Waals surface area contributed by atoms with Gasteiger partial charge in [-0.3, -0.25) is 9.69 Å². The fourth-order valence-electron chi connectivity index (χ4n) is 3.80. The number of carbonyl (C=O) groups is 1. The van der Waals surface area contributed by atoms with Crippen LogP contribution in [-0.4, -0.2) is 47.0 Å². The molecule has 0 N–H and O–H groups in total. The summed E-state index contributed by atoms with van der Waals surface area (Å²) in [4.78, 5) is 17.2. The minimum absolute atomic E-state index is 0.137. The number of ether oxygens (including phenoxy) is 1. The predicted molar refractivity (Wildman–Crippen MR) is 119 cm³/mol. The fraction of sp³-hybridized carbons (Fsp3) is 0.360. The smallest absolute Gasteiger partial charge is 0.276 e. The van der Waals surface area contributed by atoms with Gasteiger partial charge in [-0.2, -0.15) is 0 Å². The number of aromatic nitrogens is 1. The molecule has 3 aromatic rings. The summed E-state index contributed by atoms with van der Waals surface area (Å²) >= 11 is 0. The van der Waals surface area contributed by atoms with E-state index < -0.39 is 0 Å². The SMILES string of the molecule is Cc1ccc(OCc2c(C(=O)N3CCN(Cc4ccc(F)cc4)CC3)noc2C)cc1C. The van der Waals surface area contributed by atoms with Crippen molar-refractivity contribution in [1.29, 1.82) is 0 Å². The van der Waals surface area contributed by atoms with E-state index in [4.69, 9.17) is 9.26 Å². The number of rotatable bonds is 6. The molecule has 4 rings (SSSR count). The van der Waals surface area contributed by atoms with Crippen LogP contribution >= 0.6 is 0 Å². The first-order chi connectivity index (χ1) is 15.4. The summed E-state index contributed by atoms with van der Waals surface area (Å²) in [5.74, 6) is 0.972. The normalized spacial score (nSPS) is 14.6. The second-order valence-electron chi connectivity index (χ2n) is 8.30. The first-order valence-corrected chi connectivity index (χ1v) is 10.8. The second-order valence-corrected chi connectivity index (χ2v) is 8.30. The number of piperazine rings is 1. The molecular weight excluding hydrogens is 409 g/mol. The minimum atomic E-state index is -0.232. The van der Waals surface area contributed by atoms with Gasteiger partial charge in [-0.05, 0) is 61.7 Å². The van der Waals surface area contributed by atoms with Gasteiger partial charge < -0.3 is 14.2 Å². The molecule has 1 aromatic heterocycles. The predicted octanol–water partition coefficient (Wildman–Crippen LogP) is 4.28. The maximum Gasteiger partial charge on any atom is 0.276 e. The lowest BCUT2D eigenvalue weighted by Gasteiger charge is -2.34. The molecule has 0 saturated carbocycles. The standard InChI is InChI=1S/C25H28FN3O3/c1-17-4-9-22(14-18(17)2)31-16-23-19(3)32-27-24(23)25(30)29-12-10-28(11-13-29)15-20-5-7-21(26)8-6-20/h4-9,14H,10-13,15-16H2,1-3H3. The molecule has 1 fully saturated rings. The molecule has 1 aliphatic heterocycles. The topological polar surface area (TPSA) is 58.8 Å².